The van der Waals surface area contributed by atoms with Crippen molar-refractivity contribution in [2.24, 2.45) is 0 Å². The molecule has 0 aliphatic carbocycles. The van der Waals surface area contributed by atoms with Gasteiger partial charge in [0, 0.05) is 14.7 Å². The van der Waals surface area contributed by atoms with Crippen molar-refractivity contribution in [1.82, 2.24) is 0 Å². The summed E-state index contributed by atoms with van der Waals surface area (Å²) in [6.45, 7) is 0. The lowest BCUT2D eigenvalue weighted by atomic mass is 9.97. The van der Waals surface area contributed by atoms with Gasteiger partial charge in [0.1, 0.15) is 0 Å². The van der Waals surface area contributed by atoms with Gasteiger partial charge < -0.3 is 0 Å². The smallest absolute Gasteiger partial charge is 0.0701 e. The highest BCUT2D eigenvalue weighted by Crippen LogP contribution is 2.32. The molecule has 0 saturated heterocycles. The molecule has 1 aromatic carbocycles. The number of rotatable bonds is 4. The number of hydrogen-bond acceptors (Lipinski definition) is 1. The van der Waals surface area contributed by atoms with E-state index in [4.69, 9.17) is 0 Å². The Kier molecular flexibility index (Phi) is 5.27. The van der Waals surface area contributed by atoms with Gasteiger partial charge in [-0.1, -0.05) is 50.1 Å². The Morgan fingerprint density at radius 3 is 2.41 bits per heavy atom. The van der Waals surface area contributed by atoms with Gasteiger partial charge in [0.15, 0.2) is 0 Å². The molecule has 0 amide bonds. The molecule has 1 atom stereocenters. The van der Waals surface area contributed by atoms with Crippen molar-refractivity contribution in [1.29, 1.82) is 0 Å². The van der Waals surface area contributed by atoms with Crippen LogP contribution in [0.25, 0.3) is 0 Å². The van der Waals surface area contributed by atoms with Crippen LogP contribution in [0.4, 0.5) is 0 Å². The maximum absolute atomic E-state index is 3.63. The third-order valence-electron chi connectivity index (χ3n) is 2.61. The summed E-state index contributed by atoms with van der Waals surface area (Å²) in [4.78, 5) is 1.41. The molecule has 0 fully saturated rings. The minimum atomic E-state index is 0.510. The minimum absolute atomic E-state index is 0.510. The Hall–Kier alpha value is 0.360. The molecular weight excluding hydrogens is 428 g/mol. The molecule has 0 radical (unpaired) electrons. The maximum atomic E-state index is 3.63. The van der Waals surface area contributed by atoms with E-state index in [1.165, 1.54) is 18.7 Å². The number of thiophene rings is 1. The molecule has 0 saturated carbocycles. The third-order valence-corrected chi connectivity index (χ3v) is 5.76. The molecule has 0 N–H and O–H groups in total. The lowest BCUT2D eigenvalue weighted by molar-refractivity contribution is 0.781. The summed E-state index contributed by atoms with van der Waals surface area (Å²) in [5.74, 6) is 0.510. The molecule has 90 valence electrons. The highest BCUT2D eigenvalue weighted by Gasteiger charge is 2.14. The first-order chi connectivity index (χ1) is 8.20. The molecule has 0 aliphatic rings. The summed E-state index contributed by atoms with van der Waals surface area (Å²) in [5, 5.41) is 0.977. The van der Waals surface area contributed by atoms with E-state index in [9.17, 15) is 0 Å². The Bertz CT molecular complexity index is 493. The fourth-order valence-corrected chi connectivity index (χ4v) is 4.51. The quantitative estimate of drug-likeness (QED) is 0.514. The standard InChI is InChI=1S/C13H11Br3S/c14-8-9(7-10-5-6-13(16)17-10)11-3-1-2-4-12(11)15/h1-6,9H,7-8H2. The van der Waals surface area contributed by atoms with Gasteiger partial charge in [-0.05, 0) is 52.0 Å². The normalized spacial score (nSPS) is 12.6. The van der Waals surface area contributed by atoms with Crippen molar-refractivity contribution >= 4 is 59.1 Å². The van der Waals surface area contributed by atoms with Crippen LogP contribution in [-0.2, 0) is 6.42 Å². The summed E-state index contributed by atoms with van der Waals surface area (Å²) in [7, 11) is 0. The second-order valence-corrected chi connectivity index (χ2v) is 7.83. The Labute approximate surface area is 131 Å². The van der Waals surface area contributed by atoms with Crippen LogP contribution in [-0.4, -0.2) is 5.33 Å². The highest BCUT2D eigenvalue weighted by atomic mass is 79.9. The first-order valence-corrected chi connectivity index (χ1v) is 8.77. The van der Waals surface area contributed by atoms with Gasteiger partial charge in [0.2, 0.25) is 0 Å². The molecule has 0 aliphatic heterocycles. The second-order valence-electron chi connectivity index (χ2n) is 3.78. The Balaban J connectivity index is 2.20. The average Bonchev–Trinajstić information content (AvgIpc) is 2.73. The summed E-state index contributed by atoms with van der Waals surface area (Å²) >= 11 is 12.6. The summed E-state index contributed by atoms with van der Waals surface area (Å²) in [6, 6.07) is 12.8. The molecule has 1 heterocycles. The van der Waals surface area contributed by atoms with Crippen LogP contribution < -0.4 is 0 Å². The van der Waals surface area contributed by atoms with Crippen molar-refractivity contribution in [3.63, 3.8) is 0 Å². The molecule has 17 heavy (non-hydrogen) atoms. The zero-order valence-corrected chi connectivity index (χ0v) is 14.6. The van der Waals surface area contributed by atoms with E-state index in [-0.39, 0.29) is 0 Å². The summed E-state index contributed by atoms with van der Waals surface area (Å²) in [6.07, 6.45) is 1.07. The maximum Gasteiger partial charge on any atom is 0.0701 e. The number of alkyl halides is 1. The van der Waals surface area contributed by atoms with Gasteiger partial charge in [0.25, 0.3) is 0 Å². The van der Waals surface area contributed by atoms with E-state index < -0.39 is 0 Å². The van der Waals surface area contributed by atoms with Gasteiger partial charge in [-0.25, -0.2) is 0 Å². The van der Waals surface area contributed by atoms with Gasteiger partial charge in [0.05, 0.1) is 3.79 Å². The van der Waals surface area contributed by atoms with Crippen LogP contribution in [0.1, 0.15) is 16.4 Å². The molecule has 1 unspecified atom stereocenters. The fraction of sp³-hybridized carbons (Fsp3) is 0.231. The minimum Gasteiger partial charge on any atom is -0.133 e. The van der Waals surface area contributed by atoms with Crippen LogP contribution in [0.5, 0.6) is 0 Å². The second kappa shape index (κ2) is 6.50. The van der Waals surface area contributed by atoms with Crippen LogP contribution in [0, 0.1) is 0 Å². The lowest BCUT2D eigenvalue weighted by Gasteiger charge is -2.15. The van der Waals surface area contributed by atoms with Gasteiger partial charge in [-0.15, -0.1) is 11.3 Å². The predicted molar refractivity (Wildman–Crippen MR) is 86.4 cm³/mol. The molecule has 1 aromatic heterocycles. The van der Waals surface area contributed by atoms with Crippen molar-refractivity contribution in [2.75, 3.05) is 5.33 Å². The molecule has 2 rings (SSSR count). The number of halogens is 3. The van der Waals surface area contributed by atoms with Crippen molar-refractivity contribution in [3.8, 4) is 0 Å². The molecule has 0 nitrogen and oxygen atoms in total. The number of benzene rings is 1. The van der Waals surface area contributed by atoms with Gasteiger partial charge >= 0.3 is 0 Å². The molecule has 0 bridgehead atoms. The monoisotopic (exact) mass is 436 g/mol. The molecule has 2 aromatic rings. The van der Waals surface area contributed by atoms with Crippen molar-refractivity contribution in [3.05, 3.63) is 55.1 Å². The first kappa shape index (κ1) is 13.8. The molecule has 0 spiro atoms. The predicted octanol–water partition coefficient (Wildman–Crippen LogP) is 5.99. The van der Waals surface area contributed by atoms with Crippen LogP contribution in [0.3, 0.4) is 0 Å². The molecule has 4 heteroatoms. The SMILES string of the molecule is BrCC(Cc1ccc(Br)s1)c1ccccc1Br. The van der Waals surface area contributed by atoms with Crippen molar-refractivity contribution < 1.29 is 0 Å². The number of hydrogen-bond donors (Lipinski definition) is 0. The first-order valence-electron chi connectivity index (χ1n) is 5.25. The molecular formula is C13H11Br3S. The zero-order valence-electron chi connectivity index (χ0n) is 9.00. The van der Waals surface area contributed by atoms with Gasteiger partial charge in [-0.3, -0.25) is 0 Å². The van der Waals surface area contributed by atoms with Crippen LogP contribution in [0.15, 0.2) is 44.7 Å². The van der Waals surface area contributed by atoms with Crippen LogP contribution >= 0.6 is 59.1 Å². The summed E-state index contributed by atoms with van der Waals surface area (Å²) in [5.41, 5.74) is 1.37. The highest BCUT2D eigenvalue weighted by molar-refractivity contribution is 9.11. The topological polar surface area (TPSA) is 0 Å². The Morgan fingerprint density at radius 2 is 1.82 bits per heavy atom. The van der Waals surface area contributed by atoms with Crippen molar-refractivity contribution in [2.45, 2.75) is 12.3 Å². The van der Waals surface area contributed by atoms with E-state index in [2.05, 4.69) is 84.2 Å². The van der Waals surface area contributed by atoms with E-state index in [1.54, 1.807) is 0 Å². The van der Waals surface area contributed by atoms with Gasteiger partial charge in [-0.2, -0.15) is 0 Å². The third kappa shape index (κ3) is 3.66. The largest absolute Gasteiger partial charge is 0.133 e. The zero-order chi connectivity index (χ0) is 12.3. The van der Waals surface area contributed by atoms with E-state index in [0.29, 0.717) is 5.92 Å². The van der Waals surface area contributed by atoms with E-state index in [0.717, 1.165) is 11.8 Å². The average molecular weight is 439 g/mol. The Morgan fingerprint density at radius 1 is 1.06 bits per heavy atom. The lowest BCUT2D eigenvalue weighted by Crippen LogP contribution is -2.04. The fourth-order valence-electron chi connectivity index (χ4n) is 1.76. The van der Waals surface area contributed by atoms with Crippen LogP contribution in [0.2, 0.25) is 0 Å². The van der Waals surface area contributed by atoms with E-state index >= 15 is 0 Å². The van der Waals surface area contributed by atoms with E-state index in [1.807, 2.05) is 11.3 Å². The summed E-state index contributed by atoms with van der Waals surface area (Å²) < 4.78 is 2.40.